The van der Waals surface area contributed by atoms with Gasteiger partial charge in [-0.15, -0.1) is 0 Å². The van der Waals surface area contributed by atoms with Crippen LogP contribution in [0.15, 0.2) is 30.3 Å². The molecule has 4 heteroatoms. The molecule has 0 spiro atoms. The summed E-state index contributed by atoms with van der Waals surface area (Å²) in [5.74, 6) is 3.10. The number of rotatable bonds is 1. The zero-order valence-electron chi connectivity index (χ0n) is 10.4. The Bertz CT molecular complexity index is 663. The van der Waals surface area contributed by atoms with Gasteiger partial charge in [0.1, 0.15) is 0 Å². The smallest absolute Gasteiger partial charge is 0.231 e. The molecule has 0 bridgehead atoms. The summed E-state index contributed by atoms with van der Waals surface area (Å²) in [6.07, 6.45) is 0. The Kier molecular flexibility index (Phi) is 2.12. The fraction of sp³-hybridized carbons (Fsp3) is 0.200. The number of fused-ring (bicyclic) bond motifs is 2. The van der Waals surface area contributed by atoms with Gasteiger partial charge in [0.2, 0.25) is 13.6 Å². The van der Waals surface area contributed by atoms with Crippen molar-refractivity contribution in [2.24, 2.45) is 0 Å². The van der Waals surface area contributed by atoms with E-state index in [1.54, 1.807) is 0 Å². The molecule has 4 rings (SSSR count). The van der Waals surface area contributed by atoms with Crippen LogP contribution in [0.25, 0.3) is 11.1 Å². The largest absolute Gasteiger partial charge is 0.454 e. The van der Waals surface area contributed by atoms with Gasteiger partial charge in [-0.25, -0.2) is 0 Å². The minimum absolute atomic E-state index is 0.262. The lowest BCUT2D eigenvalue weighted by atomic mass is 9.98. The van der Waals surface area contributed by atoms with Gasteiger partial charge in [0.15, 0.2) is 23.0 Å². The van der Waals surface area contributed by atoms with Crippen molar-refractivity contribution in [1.82, 2.24) is 0 Å². The SMILES string of the molecule is Cc1ccc2c(c1-c1cccc3c1OCO3)OCO2. The van der Waals surface area contributed by atoms with Crippen molar-refractivity contribution in [1.29, 1.82) is 0 Å². The van der Waals surface area contributed by atoms with Gasteiger partial charge in [0.05, 0.1) is 0 Å². The molecule has 0 aliphatic carbocycles. The standard InChI is InChI=1S/C15H12O4/c1-9-5-6-12-15(19-8-17-12)13(9)10-3-2-4-11-14(10)18-7-16-11/h2-6H,7-8H2,1H3. The van der Waals surface area contributed by atoms with E-state index in [1.807, 2.05) is 37.3 Å². The number of para-hydroxylation sites is 1. The summed E-state index contributed by atoms with van der Waals surface area (Å²) in [6, 6.07) is 9.83. The van der Waals surface area contributed by atoms with Gasteiger partial charge in [0.25, 0.3) is 0 Å². The molecule has 0 amide bonds. The quantitative estimate of drug-likeness (QED) is 0.785. The Hall–Kier alpha value is -2.36. The van der Waals surface area contributed by atoms with Crippen molar-refractivity contribution in [2.75, 3.05) is 13.6 Å². The first-order valence-electron chi connectivity index (χ1n) is 6.13. The molecule has 2 aliphatic rings. The topological polar surface area (TPSA) is 36.9 Å². The Morgan fingerprint density at radius 1 is 0.789 bits per heavy atom. The molecule has 0 radical (unpaired) electrons. The number of ether oxygens (including phenoxy) is 4. The highest BCUT2D eigenvalue weighted by atomic mass is 16.7. The van der Waals surface area contributed by atoms with Crippen LogP contribution in [-0.4, -0.2) is 13.6 Å². The molecule has 0 aromatic heterocycles. The van der Waals surface area contributed by atoms with Crippen LogP contribution >= 0.6 is 0 Å². The zero-order valence-corrected chi connectivity index (χ0v) is 10.4. The first-order valence-corrected chi connectivity index (χ1v) is 6.13. The number of benzene rings is 2. The van der Waals surface area contributed by atoms with E-state index >= 15 is 0 Å². The minimum Gasteiger partial charge on any atom is -0.454 e. The van der Waals surface area contributed by atoms with Gasteiger partial charge in [-0.1, -0.05) is 18.2 Å². The van der Waals surface area contributed by atoms with Crippen LogP contribution in [0.3, 0.4) is 0 Å². The Morgan fingerprint density at radius 2 is 1.53 bits per heavy atom. The third-order valence-electron chi connectivity index (χ3n) is 3.41. The highest BCUT2D eigenvalue weighted by molar-refractivity contribution is 5.83. The number of aryl methyl sites for hydroxylation is 1. The molecule has 0 unspecified atom stereocenters. The monoisotopic (exact) mass is 256 g/mol. The van der Waals surface area contributed by atoms with Crippen LogP contribution in [0, 0.1) is 6.92 Å². The lowest BCUT2D eigenvalue weighted by Gasteiger charge is -2.11. The lowest BCUT2D eigenvalue weighted by Crippen LogP contribution is -1.95. The number of hydrogen-bond acceptors (Lipinski definition) is 4. The number of hydrogen-bond donors (Lipinski definition) is 0. The summed E-state index contributed by atoms with van der Waals surface area (Å²) in [7, 11) is 0. The molecular weight excluding hydrogens is 244 g/mol. The molecular formula is C15H12O4. The van der Waals surface area contributed by atoms with E-state index in [0.29, 0.717) is 0 Å². The van der Waals surface area contributed by atoms with Gasteiger partial charge in [-0.3, -0.25) is 0 Å². The summed E-state index contributed by atoms with van der Waals surface area (Å²) in [5, 5.41) is 0. The average molecular weight is 256 g/mol. The highest BCUT2D eigenvalue weighted by Crippen LogP contribution is 2.49. The molecule has 2 aromatic carbocycles. The van der Waals surface area contributed by atoms with Crippen LogP contribution in [-0.2, 0) is 0 Å². The van der Waals surface area contributed by atoms with E-state index in [1.165, 1.54) is 0 Å². The maximum absolute atomic E-state index is 5.61. The second kappa shape index (κ2) is 3.82. The van der Waals surface area contributed by atoms with E-state index < -0.39 is 0 Å². The summed E-state index contributed by atoms with van der Waals surface area (Å²) in [4.78, 5) is 0. The molecule has 19 heavy (non-hydrogen) atoms. The fourth-order valence-electron chi connectivity index (χ4n) is 2.53. The molecule has 0 N–H and O–H groups in total. The predicted octanol–water partition coefficient (Wildman–Crippen LogP) is 3.12. The maximum atomic E-state index is 5.61. The fourth-order valence-corrected chi connectivity index (χ4v) is 2.53. The molecule has 0 fully saturated rings. The van der Waals surface area contributed by atoms with Gasteiger partial charge < -0.3 is 18.9 Å². The van der Waals surface area contributed by atoms with Gasteiger partial charge >= 0.3 is 0 Å². The van der Waals surface area contributed by atoms with Gasteiger partial charge in [-0.2, -0.15) is 0 Å². The molecule has 4 nitrogen and oxygen atoms in total. The van der Waals surface area contributed by atoms with Crippen LogP contribution in [0.1, 0.15) is 5.56 Å². The third kappa shape index (κ3) is 1.46. The molecule has 0 saturated heterocycles. The molecule has 96 valence electrons. The minimum atomic E-state index is 0.262. The van der Waals surface area contributed by atoms with Crippen molar-refractivity contribution in [2.45, 2.75) is 6.92 Å². The third-order valence-corrected chi connectivity index (χ3v) is 3.41. The molecule has 2 aromatic rings. The normalized spacial score (nSPS) is 14.8. The Morgan fingerprint density at radius 3 is 2.37 bits per heavy atom. The van der Waals surface area contributed by atoms with Crippen LogP contribution < -0.4 is 18.9 Å². The first-order chi connectivity index (χ1) is 9.34. The highest BCUT2D eigenvalue weighted by Gasteiger charge is 2.26. The van der Waals surface area contributed by atoms with Gasteiger partial charge in [-0.05, 0) is 24.6 Å². The van der Waals surface area contributed by atoms with Crippen LogP contribution in [0.2, 0.25) is 0 Å². The predicted molar refractivity (Wildman–Crippen MR) is 68.9 cm³/mol. The van der Waals surface area contributed by atoms with Gasteiger partial charge in [0, 0.05) is 11.1 Å². The van der Waals surface area contributed by atoms with E-state index in [4.69, 9.17) is 18.9 Å². The summed E-state index contributed by atoms with van der Waals surface area (Å²) < 4.78 is 22.1. The lowest BCUT2D eigenvalue weighted by molar-refractivity contribution is 0.173. The molecule has 2 heterocycles. The average Bonchev–Trinajstić information content (AvgIpc) is 3.06. The second-order valence-electron chi connectivity index (χ2n) is 4.53. The Balaban J connectivity index is 1.99. The summed E-state index contributed by atoms with van der Waals surface area (Å²) in [6.45, 7) is 2.57. The second-order valence-corrected chi connectivity index (χ2v) is 4.53. The molecule has 2 aliphatic heterocycles. The van der Waals surface area contributed by atoms with E-state index in [2.05, 4.69) is 0 Å². The molecule has 0 atom stereocenters. The van der Waals surface area contributed by atoms with Crippen LogP contribution in [0.4, 0.5) is 0 Å². The first kappa shape index (κ1) is 10.6. The zero-order chi connectivity index (χ0) is 12.8. The van der Waals surface area contributed by atoms with Crippen molar-refractivity contribution < 1.29 is 18.9 Å². The summed E-state index contributed by atoms with van der Waals surface area (Å²) >= 11 is 0. The van der Waals surface area contributed by atoms with Crippen molar-refractivity contribution >= 4 is 0 Å². The van der Waals surface area contributed by atoms with Crippen molar-refractivity contribution in [3.8, 4) is 34.1 Å². The summed E-state index contributed by atoms with van der Waals surface area (Å²) in [5.41, 5.74) is 3.11. The Labute approximate surface area is 110 Å². The van der Waals surface area contributed by atoms with Crippen LogP contribution in [0.5, 0.6) is 23.0 Å². The van der Waals surface area contributed by atoms with Crippen molar-refractivity contribution in [3.63, 3.8) is 0 Å². The van der Waals surface area contributed by atoms with Crippen molar-refractivity contribution in [3.05, 3.63) is 35.9 Å². The van der Waals surface area contributed by atoms with E-state index in [-0.39, 0.29) is 13.6 Å². The van der Waals surface area contributed by atoms with E-state index in [9.17, 15) is 0 Å². The molecule has 0 saturated carbocycles. The maximum Gasteiger partial charge on any atom is 0.231 e. The van der Waals surface area contributed by atoms with E-state index in [0.717, 1.165) is 39.7 Å².